The van der Waals surface area contributed by atoms with Crippen LogP contribution in [0.25, 0.3) is 16.6 Å². The number of rotatable bonds is 5. The highest BCUT2D eigenvalue weighted by molar-refractivity contribution is 6.31. The summed E-state index contributed by atoms with van der Waals surface area (Å²) in [6.07, 6.45) is 1.64. The highest BCUT2D eigenvalue weighted by Crippen LogP contribution is 2.20. The monoisotopic (exact) mass is 448 g/mol. The number of hydrogen-bond acceptors (Lipinski definition) is 4. The van der Waals surface area contributed by atoms with Gasteiger partial charge >= 0.3 is 5.69 Å². The molecule has 2 aromatic carbocycles. The van der Waals surface area contributed by atoms with Gasteiger partial charge in [0, 0.05) is 11.2 Å². The molecule has 1 amide bonds. The summed E-state index contributed by atoms with van der Waals surface area (Å²) in [7, 11) is 0. The Morgan fingerprint density at radius 3 is 2.62 bits per heavy atom. The Morgan fingerprint density at radius 2 is 1.91 bits per heavy atom. The molecule has 4 aromatic rings. The fraction of sp³-hybridized carbons (Fsp3) is 0.167. The van der Waals surface area contributed by atoms with Gasteiger partial charge < -0.3 is 5.32 Å². The quantitative estimate of drug-likeness (QED) is 0.507. The van der Waals surface area contributed by atoms with Crippen LogP contribution >= 0.6 is 11.6 Å². The molecule has 1 unspecified atom stereocenters. The molecule has 0 saturated heterocycles. The van der Waals surface area contributed by atoms with Gasteiger partial charge in [-0.3, -0.25) is 19.1 Å². The summed E-state index contributed by atoms with van der Waals surface area (Å²) >= 11 is 6.17. The van der Waals surface area contributed by atoms with E-state index in [1.807, 2.05) is 19.1 Å². The summed E-state index contributed by atoms with van der Waals surface area (Å²) in [4.78, 5) is 43.9. The van der Waals surface area contributed by atoms with E-state index in [-0.39, 0.29) is 12.5 Å². The third kappa shape index (κ3) is 4.07. The largest absolute Gasteiger partial charge is 0.349 e. The van der Waals surface area contributed by atoms with Crippen molar-refractivity contribution in [2.45, 2.75) is 26.4 Å². The van der Waals surface area contributed by atoms with E-state index in [0.29, 0.717) is 27.3 Å². The van der Waals surface area contributed by atoms with E-state index in [1.165, 1.54) is 10.6 Å². The van der Waals surface area contributed by atoms with Crippen LogP contribution in [-0.2, 0) is 11.3 Å². The lowest BCUT2D eigenvalue weighted by molar-refractivity contribution is -0.124. The second-order valence-corrected chi connectivity index (χ2v) is 7.94. The van der Waals surface area contributed by atoms with E-state index in [0.717, 1.165) is 10.1 Å². The van der Waals surface area contributed by atoms with Crippen LogP contribution in [0, 0.1) is 6.92 Å². The molecule has 0 bridgehead atoms. The third-order valence-corrected chi connectivity index (χ3v) is 5.48. The van der Waals surface area contributed by atoms with E-state index in [1.54, 1.807) is 55.6 Å². The molecule has 8 heteroatoms. The van der Waals surface area contributed by atoms with Crippen molar-refractivity contribution in [1.29, 1.82) is 0 Å². The molecule has 162 valence electrons. The zero-order valence-electron chi connectivity index (χ0n) is 17.6. The number of halogens is 1. The third-order valence-electron chi connectivity index (χ3n) is 5.25. The first kappa shape index (κ1) is 21.5. The topological polar surface area (TPSA) is 86.0 Å². The van der Waals surface area contributed by atoms with Crippen molar-refractivity contribution in [1.82, 2.24) is 19.4 Å². The molecule has 0 spiro atoms. The maximum atomic E-state index is 13.5. The normalized spacial score (nSPS) is 12.0. The molecule has 0 saturated carbocycles. The average Bonchev–Trinajstić information content (AvgIpc) is 2.78. The van der Waals surface area contributed by atoms with Crippen LogP contribution in [0.4, 0.5) is 0 Å². The summed E-state index contributed by atoms with van der Waals surface area (Å²) in [5, 5.41) is 3.46. The molecular weight excluding hydrogens is 428 g/mol. The second-order valence-electron chi connectivity index (χ2n) is 7.51. The van der Waals surface area contributed by atoms with E-state index < -0.39 is 17.3 Å². The fourth-order valence-corrected chi connectivity index (χ4v) is 3.78. The highest BCUT2D eigenvalue weighted by atomic mass is 35.5. The van der Waals surface area contributed by atoms with Crippen LogP contribution in [0.2, 0.25) is 5.02 Å². The van der Waals surface area contributed by atoms with E-state index in [9.17, 15) is 14.4 Å². The summed E-state index contributed by atoms with van der Waals surface area (Å²) < 4.78 is 2.39. The Balaban J connectivity index is 1.85. The molecular formula is C24H21ClN4O3. The molecule has 2 aromatic heterocycles. The van der Waals surface area contributed by atoms with Gasteiger partial charge in [-0.05, 0) is 61.9 Å². The maximum Gasteiger partial charge on any atom is 0.336 e. The Morgan fingerprint density at radius 1 is 1.09 bits per heavy atom. The lowest BCUT2D eigenvalue weighted by Gasteiger charge is -2.20. The van der Waals surface area contributed by atoms with Gasteiger partial charge in [-0.2, -0.15) is 0 Å². The van der Waals surface area contributed by atoms with Crippen molar-refractivity contribution in [3.8, 4) is 5.69 Å². The zero-order chi connectivity index (χ0) is 22.8. The van der Waals surface area contributed by atoms with Crippen molar-refractivity contribution in [2.24, 2.45) is 0 Å². The molecule has 0 fully saturated rings. The van der Waals surface area contributed by atoms with E-state index >= 15 is 0 Å². The number of carbonyl (C=O) groups excluding carboxylic acids is 1. The maximum absolute atomic E-state index is 13.5. The molecule has 7 nitrogen and oxygen atoms in total. The number of nitrogens with zero attached hydrogens (tertiary/aromatic N) is 3. The smallest absolute Gasteiger partial charge is 0.336 e. The number of aryl methyl sites for hydroxylation is 1. The highest BCUT2D eigenvalue weighted by Gasteiger charge is 2.23. The van der Waals surface area contributed by atoms with Gasteiger partial charge in [0.15, 0.2) is 0 Å². The van der Waals surface area contributed by atoms with Crippen molar-refractivity contribution in [3.05, 3.63) is 104 Å². The molecule has 2 heterocycles. The number of nitrogens with one attached hydrogen (secondary N) is 1. The van der Waals surface area contributed by atoms with Gasteiger partial charge in [0.2, 0.25) is 5.91 Å². The van der Waals surface area contributed by atoms with Crippen LogP contribution in [-0.4, -0.2) is 20.0 Å². The Hall–Kier alpha value is -3.71. The second kappa shape index (κ2) is 8.80. The van der Waals surface area contributed by atoms with Crippen LogP contribution in [0.5, 0.6) is 0 Å². The molecule has 1 atom stereocenters. The summed E-state index contributed by atoms with van der Waals surface area (Å²) in [6, 6.07) is 16.3. The van der Waals surface area contributed by atoms with Crippen LogP contribution < -0.4 is 16.6 Å². The Bertz CT molecular complexity index is 1430. The van der Waals surface area contributed by atoms with Crippen molar-refractivity contribution < 1.29 is 4.79 Å². The number of fused-ring (bicyclic) bond motifs is 1. The fourth-order valence-electron chi connectivity index (χ4n) is 3.62. The zero-order valence-corrected chi connectivity index (χ0v) is 18.3. The molecule has 4 rings (SSSR count). The number of aromatic nitrogens is 3. The Labute approximate surface area is 188 Å². The SMILES string of the molecule is Cc1cccc(-n2c(=O)c3ccc(Cl)cc3n(C(C)C(=O)NCc3ccccn3)c2=O)c1. The molecule has 0 aliphatic heterocycles. The summed E-state index contributed by atoms with van der Waals surface area (Å²) in [6.45, 7) is 3.71. The van der Waals surface area contributed by atoms with Crippen molar-refractivity contribution >= 4 is 28.4 Å². The van der Waals surface area contributed by atoms with Gasteiger partial charge in [-0.25, -0.2) is 9.36 Å². The lowest BCUT2D eigenvalue weighted by atomic mass is 10.2. The van der Waals surface area contributed by atoms with Gasteiger partial charge in [-0.15, -0.1) is 0 Å². The standard InChI is InChI=1S/C24H21ClN4O3/c1-15-6-5-8-19(12-15)29-23(31)20-10-9-17(25)13-21(20)28(24(29)32)16(2)22(30)27-14-18-7-3-4-11-26-18/h3-13,16H,14H2,1-2H3,(H,27,30). The molecule has 0 aliphatic carbocycles. The molecule has 32 heavy (non-hydrogen) atoms. The van der Waals surface area contributed by atoms with Gasteiger partial charge in [0.25, 0.3) is 5.56 Å². The molecule has 0 aliphatic rings. The van der Waals surface area contributed by atoms with Gasteiger partial charge in [0.05, 0.1) is 28.8 Å². The predicted molar refractivity (Wildman–Crippen MR) is 124 cm³/mol. The number of hydrogen-bond donors (Lipinski definition) is 1. The van der Waals surface area contributed by atoms with Crippen LogP contribution in [0.1, 0.15) is 24.2 Å². The minimum Gasteiger partial charge on any atom is -0.349 e. The predicted octanol–water partition coefficient (Wildman–Crippen LogP) is 3.39. The number of carbonyl (C=O) groups is 1. The first-order chi connectivity index (χ1) is 15.4. The Kier molecular flexibility index (Phi) is 5.92. The molecule has 0 radical (unpaired) electrons. The first-order valence-electron chi connectivity index (χ1n) is 10.1. The van der Waals surface area contributed by atoms with E-state index in [2.05, 4.69) is 10.3 Å². The lowest BCUT2D eigenvalue weighted by Crippen LogP contribution is -2.43. The first-order valence-corrected chi connectivity index (χ1v) is 10.5. The van der Waals surface area contributed by atoms with E-state index in [4.69, 9.17) is 11.6 Å². The van der Waals surface area contributed by atoms with Crippen LogP contribution in [0.3, 0.4) is 0 Å². The van der Waals surface area contributed by atoms with Crippen molar-refractivity contribution in [3.63, 3.8) is 0 Å². The summed E-state index contributed by atoms with van der Waals surface area (Å²) in [5.41, 5.74) is 1.25. The van der Waals surface area contributed by atoms with Gasteiger partial charge in [-0.1, -0.05) is 29.8 Å². The van der Waals surface area contributed by atoms with Gasteiger partial charge in [0.1, 0.15) is 6.04 Å². The summed E-state index contributed by atoms with van der Waals surface area (Å²) in [5.74, 6) is -0.381. The molecule has 1 N–H and O–H groups in total. The number of amides is 1. The van der Waals surface area contributed by atoms with Crippen molar-refractivity contribution in [2.75, 3.05) is 0 Å². The minimum absolute atomic E-state index is 0.217. The number of benzene rings is 2. The minimum atomic E-state index is -0.899. The van der Waals surface area contributed by atoms with Crippen LogP contribution in [0.15, 0.2) is 76.4 Å². The average molecular weight is 449 g/mol. The number of pyridine rings is 1.